The predicted octanol–water partition coefficient (Wildman–Crippen LogP) is 0.871. The van der Waals surface area contributed by atoms with E-state index in [1.165, 1.54) is 4.88 Å². The summed E-state index contributed by atoms with van der Waals surface area (Å²) < 4.78 is 0. The number of nitrogens with one attached hydrogen (secondary N) is 1. The summed E-state index contributed by atoms with van der Waals surface area (Å²) >= 11 is 1.73. The topological polar surface area (TPSA) is 32.3 Å². The van der Waals surface area contributed by atoms with Gasteiger partial charge in [-0.1, -0.05) is 6.07 Å². The van der Waals surface area contributed by atoms with Crippen molar-refractivity contribution in [1.82, 2.24) is 5.32 Å². The average Bonchev–Trinajstić information content (AvgIpc) is 2.52. The van der Waals surface area contributed by atoms with Gasteiger partial charge < -0.3 is 10.4 Å². The molecule has 62 valence electrons. The molecule has 1 aromatic heterocycles. The molecule has 3 heteroatoms. The van der Waals surface area contributed by atoms with Gasteiger partial charge in [0.05, 0.1) is 6.61 Å². The molecule has 0 saturated carbocycles. The highest BCUT2D eigenvalue weighted by atomic mass is 32.1. The number of hydrogen-bond acceptors (Lipinski definition) is 3. The van der Waals surface area contributed by atoms with Crippen molar-refractivity contribution in [2.75, 3.05) is 13.7 Å². The third kappa shape index (κ3) is 2.61. The van der Waals surface area contributed by atoms with Crippen LogP contribution in [0.3, 0.4) is 0 Å². The standard InChI is InChI=1S/C8H13NOS/c1-9-7(6-10)5-8-3-2-4-11-8/h2-4,7,9-10H,5-6H2,1H3/t7-/m1/s1. The van der Waals surface area contributed by atoms with E-state index in [4.69, 9.17) is 5.11 Å². The largest absolute Gasteiger partial charge is 0.395 e. The van der Waals surface area contributed by atoms with Gasteiger partial charge in [0.1, 0.15) is 0 Å². The molecule has 0 bridgehead atoms. The van der Waals surface area contributed by atoms with Crippen LogP contribution in [0, 0.1) is 0 Å². The summed E-state index contributed by atoms with van der Waals surface area (Å²) in [6.07, 6.45) is 0.921. The van der Waals surface area contributed by atoms with Crippen LogP contribution in [0.2, 0.25) is 0 Å². The zero-order valence-corrected chi connectivity index (χ0v) is 7.40. The van der Waals surface area contributed by atoms with Crippen LogP contribution >= 0.6 is 11.3 Å². The Morgan fingerprint density at radius 1 is 1.73 bits per heavy atom. The van der Waals surface area contributed by atoms with Crippen LogP contribution < -0.4 is 5.32 Å². The number of aliphatic hydroxyl groups excluding tert-OH is 1. The third-order valence-electron chi connectivity index (χ3n) is 1.66. The van der Waals surface area contributed by atoms with Crippen LogP contribution in [0.4, 0.5) is 0 Å². The zero-order chi connectivity index (χ0) is 8.10. The molecule has 0 radical (unpaired) electrons. The number of likely N-dealkylation sites (N-methyl/N-ethyl adjacent to an activating group) is 1. The Labute approximate surface area is 70.9 Å². The lowest BCUT2D eigenvalue weighted by atomic mass is 10.2. The summed E-state index contributed by atoms with van der Waals surface area (Å²) in [5.41, 5.74) is 0. The molecule has 0 amide bonds. The van der Waals surface area contributed by atoms with Gasteiger partial charge in [-0.2, -0.15) is 0 Å². The molecular weight excluding hydrogens is 158 g/mol. The van der Waals surface area contributed by atoms with E-state index in [0.717, 1.165) is 6.42 Å². The summed E-state index contributed by atoms with van der Waals surface area (Å²) in [5.74, 6) is 0. The number of aliphatic hydroxyl groups is 1. The van der Waals surface area contributed by atoms with Crippen molar-refractivity contribution < 1.29 is 5.11 Å². The Hall–Kier alpha value is -0.380. The van der Waals surface area contributed by atoms with Gasteiger partial charge in [-0.3, -0.25) is 0 Å². The number of rotatable bonds is 4. The number of hydrogen-bond donors (Lipinski definition) is 2. The maximum absolute atomic E-state index is 8.87. The van der Waals surface area contributed by atoms with E-state index in [0.29, 0.717) is 0 Å². The maximum atomic E-state index is 8.87. The lowest BCUT2D eigenvalue weighted by Gasteiger charge is -2.10. The fraction of sp³-hybridized carbons (Fsp3) is 0.500. The normalized spacial score (nSPS) is 13.3. The van der Waals surface area contributed by atoms with Gasteiger partial charge in [0.2, 0.25) is 0 Å². The molecule has 0 aromatic carbocycles. The fourth-order valence-electron chi connectivity index (χ4n) is 0.929. The monoisotopic (exact) mass is 171 g/mol. The fourth-order valence-corrected chi connectivity index (χ4v) is 1.72. The molecule has 1 rings (SSSR count). The van der Waals surface area contributed by atoms with Gasteiger partial charge in [0.25, 0.3) is 0 Å². The summed E-state index contributed by atoms with van der Waals surface area (Å²) in [4.78, 5) is 1.32. The first kappa shape index (κ1) is 8.71. The van der Waals surface area contributed by atoms with E-state index in [2.05, 4.69) is 16.8 Å². The molecule has 0 fully saturated rings. The van der Waals surface area contributed by atoms with Gasteiger partial charge in [0, 0.05) is 10.9 Å². The van der Waals surface area contributed by atoms with Crippen LogP contribution in [-0.2, 0) is 6.42 Å². The van der Waals surface area contributed by atoms with Crippen molar-refractivity contribution in [2.24, 2.45) is 0 Å². The summed E-state index contributed by atoms with van der Waals surface area (Å²) in [7, 11) is 1.87. The second-order valence-corrected chi connectivity index (χ2v) is 3.48. The van der Waals surface area contributed by atoms with Crippen molar-refractivity contribution in [3.8, 4) is 0 Å². The van der Waals surface area contributed by atoms with Gasteiger partial charge in [-0.25, -0.2) is 0 Å². The zero-order valence-electron chi connectivity index (χ0n) is 6.58. The smallest absolute Gasteiger partial charge is 0.0588 e. The Bertz CT molecular complexity index is 182. The minimum atomic E-state index is 0.202. The van der Waals surface area contributed by atoms with E-state index < -0.39 is 0 Å². The molecule has 1 aromatic rings. The molecule has 1 heterocycles. The molecule has 1 atom stereocenters. The van der Waals surface area contributed by atoms with Crippen molar-refractivity contribution >= 4 is 11.3 Å². The van der Waals surface area contributed by atoms with Crippen molar-refractivity contribution in [1.29, 1.82) is 0 Å². The second-order valence-electron chi connectivity index (χ2n) is 2.45. The van der Waals surface area contributed by atoms with E-state index in [1.54, 1.807) is 11.3 Å². The first-order chi connectivity index (χ1) is 5.36. The van der Waals surface area contributed by atoms with Crippen LogP contribution in [0.15, 0.2) is 17.5 Å². The Balaban J connectivity index is 2.41. The molecule has 0 saturated heterocycles. The molecule has 0 aliphatic rings. The Kier molecular flexibility index (Phi) is 3.56. The SMILES string of the molecule is CN[C@@H](CO)Cc1cccs1. The molecular formula is C8H13NOS. The first-order valence-corrected chi connectivity index (χ1v) is 4.55. The minimum absolute atomic E-state index is 0.202. The van der Waals surface area contributed by atoms with Gasteiger partial charge in [-0.05, 0) is 24.9 Å². The van der Waals surface area contributed by atoms with Gasteiger partial charge >= 0.3 is 0 Å². The van der Waals surface area contributed by atoms with Crippen LogP contribution in [0.5, 0.6) is 0 Å². The van der Waals surface area contributed by atoms with Crippen LogP contribution in [-0.4, -0.2) is 24.8 Å². The molecule has 2 nitrogen and oxygen atoms in total. The van der Waals surface area contributed by atoms with Crippen molar-refractivity contribution in [2.45, 2.75) is 12.5 Å². The molecule has 0 unspecified atom stereocenters. The predicted molar refractivity (Wildman–Crippen MR) is 48.0 cm³/mol. The molecule has 0 aliphatic carbocycles. The highest BCUT2D eigenvalue weighted by molar-refractivity contribution is 7.09. The lowest BCUT2D eigenvalue weighted by molar-refractivity contribution is 0.248. The summed E-state index contributed by atoms with van der Waals surface area (Å²) in [6.45, 7) is 0.203. The number of thiophene rings is 1. The van der Waals surface area contributed by atoms with Crippen molar-refractivity contribution in [3.05, 3.63) is 22.4 Å². The van der Waals surface area contributed by atoms with Crippen LogP contribution in [0.1, 0.15) is 4.88 Å². The second kappa shape index (κ2) is 4.49. The average molecular weight is 171 g/mol. The first-order valence-electron chi connectivity index (χ1n) is 3.67. The molecule has 0 aliphatic heterocycles. The highest BCUT2D eigenvalue weighted by Crippen LogP contribution is 2.10. The summed E-state index contributed by atoms with van der Waals surface area (Å²) in [6, 6.07) is 4.32. The maximum Gasteiger partial charge on any atom is 0.0588 e. The van der Waals surface area contributed by atoms with E-state index >= 15 is 0 Å². The third-order valence-corrected chi connectivity index (χ3v) is 2.56. The molecule has 2 N–H and O–H groups in total. The quantitative estimate of drug-likeness (QED) is 0.704. The van der Waals surface area contributed by atoms with E-state index in [-0.39, 0.29) is 12.6 Å². The lowest BCUT2D eigenvalue weighted by Crippen LogP contribution is -2.30. The van der Waals surface area contributed by atoms with E-state index in [1.807, 2.05) is 13.1 Å². The molecule has 11 heavy (non-hydrogen) atoms. The van der Waals surface area contributed by atoms with Gasteiger partial charge in [0.15, 0.2) is 0 Å². The minimum Gasteiger partial charge on any atom is -0.395 e. The molecule has 0 spiro atoms. The Morgan fingerprint density at radius 2 is 2.55 bits per heavy atom. The van der Waals surface area contributed by atoms with E-state index in [9.17, 15) is 0 Å². The Morgan fingerprint density at radius 3 is 3.00 bits per heavy atom. The summed E-state index contributed by atoms with van der Waals surface area (Å²) in [5, 5.41) is 14.0. The van der Waals surface area contributed by atoms with Gasteiger partial charge in [-0.15, -0.1) is 11.3 Å². The van der Waals surface area contributed by atoms with Crippen LogP contribution in [0.25, 0.3) is 0 Å². The van der Waals surface area contributed by atoms with Crippen molar-refractivity contribution in [3.63, 3.8) is 0 Å². The highest BCUT2D eigenvalue weighted by Gasteiger charge is 2.04.